The fourth-order valence-electron chi connectivity index (χ4n) is 3.74. The Hall–Kier alpha value is -2.56. The van der Waals surface area contributed by atoms with Gasteiger partial charge in [-0.2, -0.15) is 0 Å². The van der Waals surface area contributed by atoms with E-state index in [-0.39, 0.29) is 11.8 Å². The maximum atomic E-state index is 13.0. The first kappa shape index (κ1) is 15.9. The van der Waals surface area contributed by atoms with Crippen LogP contribution in [-0.4, -0.2) is 39.5 Å². The van der Waals surface area contributed by atoms with Crippen LogP contribution >= 0.6 is 0 Å². The van der Waals surface area contributed by atoms with Gasteiger partial charge in [0, 0.05) is 31.2 Å². The normalized spacial score (nSPS) is 20.5. The standard InChI is InChI=1S/C20H22N2O3/c23-19(18-4-2-12-22(18)17-9-10-17)21-11-1-3-16(13-21)14-5-7-15(8-6-14)20(24)25/h2,4-8,12,16-17H,1,3,9-11,13H2,(H,24,25)/t16-/m0/s1. The number of aromatic nitrogens is 1. The number of piperidine rings is 1. The predicted molar refractivity (Wildman–Crippen MR) is 94.0 cm³/mol. The van der Waals surface area contributed by atoms with E-state index >= 15 is 0 Å². The van der Waals surface area contributed by atoms with E-state index in [0.29, 0.717) is 18.2 Å². The minimum absolute atomic E-state index is 0.115. The molecule has 2 heterocycles. The van der Waals surface area contributed by atoms with Gasteiger partial charge in [0.05, 0.1) is 5.56 Å². The van der Waals surface area contributed by atoms with Gasteiger partial charge in [-0.15, -0.1) is 0 Å². The highest BCUT2D eigenvalue weighted by atomic mass is 16.4. The number of amides is 1. The Morgan fingerprint density at radius 3 is 2.48 bits per heavy atom. The molecule has 2 aliphatic rings. The second kappa shape index (κ2) is 6.39. The van der Waals surface area contributed by atoms with Crippen LogP contribution in [-0.2, 0) is 0 Å². The molecule has 1 saturated carbocycles. The van der Waals surface area contributed by atoms with Crippen LogP contribution in [0.4, 0.5) is 0 Å². The lowest BCUT2D eigenvalue weighted by molar-refractivity contribution is 0.0690. The zero-order valence-corrected chi connectivity index (χ0v) is 14.1. The average Bonchev–Trinajstić information content (AvgIpc) is 3.38. The third-order valence-corrected chi connectivity index (χ3v) is 5.28. The van der Waals surface area contributed by atoms with Crippen molar-refractivity contribution in [2.24, 2.45) is 0 Å². The zero-order chi connectivity index (χ0) is 17.4. The number of benzene rings is 1. The van der Waals surface area contributed by atoms with Gasteiger partial charge in [0.15, 0.2) is 0 Å². The number of aromatic carboxylic acids is 1. The molecule has 1 aromatic carbocycles. The molecule has 0 spiro atoms. The molecule has 0 bridgehead atoms. The summed E-state index contributed by atoms with van der Waals surface area (Å²) in [6, 6.07) is 11.4. The lowest BCUT2D eigenvalue weighted by Crippen LogP contribution is -2.39. The summed E-state index contributed by atoms with van der Waals surface area (Å²) in [4.78, 5) is 25.9. The summed E-state index contributed by atoms with van der Waals surface area (Å²) in [5.74, 6) is -0.526. The monoisotopic (exact) mass is 338 g/mol. The molecule has 25 heavy (non-hydrogen) atoms. The van der Waals surface area contributed by atoms with Gasteiger partial charge in [0.1, 0.15) is 5.69 Å². The Morgan fingerprint density at radius 2 is 1.80 bits per heavy atom. The maximum Gasteiger partial charge on any atom is 0.335 e. The van der Waals surface area contributed by atoms with E-state index in [2.05, 4.69) is 4.57 Å². The van der Waals surface area contributed by atoms with Gasteiger partial charge in [-0.05, 0) is 55.5 Å². The van der Waals surface area contributed by atoms with Crippen LogP contribution in [0.3, 0.4) is 0 Å². The molecule has 0 unspecified atom stereocenters. The van der Waals surface area contributed by atoms with Crippen molar-refractivity contribution in [3.8, 4) is 0 Å². The van der Waals surface area contributed by atoms with Gasteiger partial charge in [-0.3, -0.25) is 4.79 Å². The second-order valence-corrected chi connectivity index (χ2v) is 7.05. The molecular formula is C20H22N2O3. The minimum atomic E-state index is -0.909. The van der Waals surface area contributed by atoms with Crippen LogP contribution in [0, 0.1) is 0 Å². The van der Waals surface area contributed by atoms with Gasteiger partial charge in [-0.25, -0.2) is 4.79 Å². The molecule has 1 amide bonds. The fourth-order valence-corrected chi connectivity index (χ4v) is 3.74. The summed E-state index contributed by atoms with van der Waals surface area (Å²) in [6.45, 7) is 1.49. The van der Waals surface area contributed by atoms with E-state index in [4.69, 9.17) is 5.11 Å². The van der Waals surface area contributed by atoms with Crippen molar-refractivity contribution in [1.29, 1.82) is 0 Å². The zero-order valence-electron chi connectivity index (χ0n) is 14.1. The predicted octanol–water partition coefficient (Wildman–Crippen LogP) is 3.54. The molecule has 1 atom stereocenters. The third-order valence-electron chi connectivity index (χ3n) is 5.28. The highest BCUT2D eigenvalue weighted by Gasteiger charge is 2.31. The highest BCUT2D eigenvalue weighted by molar-refractivity contribution is 5.93. The van der Waals surface area contributed by atoms with Crippen LogP contribution in [0.2, 0.25) is 0 Å². The minimum Gasteiger partial charge on any atom is -0.478 e. The second-order valence-electron chi connectivity index (χ2n) is 7.05. The van der Waals surface area contributed by atoms with Crippen molar-refractivity contribution >= 4 is 11.9 Å². The van der Waals surface area contributed by atoms with Crippen LogP contribution in [0.25, 0.3) is 0 Å². The molecular weight excluding hydrogens is 316 g/mol. The van der Waals surface area contributed by atoms with Crippen LogP contribution < -0.4 is 0 Å². The van der Waals surface area contributed by atoms with Crippen LogP contribution in [0.15, 0.2) is 42.6 Å². The first-order chi connectivity index (χ1) is 12.1. The SMILES string of the molecule is O=C(O)c1ccc([C@H]2CCCN(C(=O)c3cccn3C3CC3)C2)cc1. The highest BCUT2D eigenvalue weighted by Crippen LogP contribution is 2.36. The number of carbonyl (C=O) groups is 2. The van der Waals surface area contributed by atoms with Crippen molar-refractivity contribution in [1.82, 2.24) is 9.47 Å². The van der Waals surface area contributed by atoms with Crippen LogP contribution in [0.1, 0.15) is 64.1 Å². The number of hydrogen-bond acceptors (Lipinski definition) is 2. The summed E-state index contributed by atoms with van der Waals surface area (Å²) in [5.41, 5.74) is 2.21. The number of nitrogens with zero attached hydrogens (tertiary/aromatic N) is 2. The largest absolute Gasteiger partial charge is 0.478 e. The van der Waals surface area contributed by atoms with Crippen molar-refractivity contribution in [3.05, 3.63) is 59.4 Å². The number of likely N-dealkylation sites (tertiary alicyclic amines) is 1. The molecule has 1 aliphatic carbocycles. The summed E-state index contributed by atoms with van der Waals surface area (Å²) >= 11 is 0. The van der Waals surface area contributed by atoms with Crippen molar-refractivity contribution < 1.29 is 14.7 Å². The molecule has 0 radical (unpaired) electrons. The van der Waals surface area contributed by atoms with Crippen molar-refractivity contribution in [2.45, 2.75) is 37.6 Å². The Kier molecular flexibility index (Phi) is 4.07. The van der Waals surface area contributed by atoms with Gasteiger partial charge in [0.25, 0.3) is 5.91 Å². The third kappa shape index (κ3) is 3.18. The van der Waals surface area contributed by atoms with Crippen molar-refractivity contribution in [2.75, 3.05) is 13.1 Å². The molecule has 5 heteroatoms. The van der Waals surface area contributed by atoms with E-state index in [0.717, 1.165) is 43.5 Å². The molecule has 1 aromatic heterocycles. The van der Waals surface area contributed by atoms with E-state index in [1.54, 1.807) is 12.1 Å². The summed E-state index contributed by atoms with van der Waals surface area (Å²) < 4.78 is 2.12. The number of rotatable bonds is 4. The van der Waals surface area contributed by atoms with Crippen molar-refractivity contribution in [3.63, 3.8) is 0 Å². The Labute approximate surface area is 146 Å². The van der Waals surface area contributed by atoms with Gasteiger partial charge in [-0.1, -0.05) is 12.1 Å². The lowest BCUT2D eigenvalue weighted by atomic mass is 9.90. The Balaban J connectivity index is 1.49. The first-order valence-electron chi connectivity index (χ1n) is 8.93. The molecule has 1 saturated heterocycles. The number of carboxylic acids is 1. The number of carboxylic acid groups (broad SMARTS) is 1. The summed E-state index contributed by atoms with van der Waals surface area (Å²) in [7, 11) is 0. The smallest absolute Gasteiger partial charge is 0.335 e. The van der Waals surface area contributed by atoms with E-state index in [9.17, 15) is 9.59 Å². The Bertz CT molecular complexity index is 790. The molecule has 2 aromatic rings. The quantitative estimate of drug-likeness (QED) is 0.927. The maximum absolute atomic E-state index is 13.0. The Morgan fingerprint density at radius 1 is 1.04 bits per heavy atom. The van der Waals surface area contributed by atoms with E-state index < -0.39 is 5.97 Å². The molecule has 5 nitrogen and oxygen atoms in total. The van der Waals surface area contributed by atoms with Gasteiger partial charge in [0.2, 0.25) is 0 Å². The molecule has 130 valence electrons. The number of carbonyl (C=O) groups excluding carboxylic acids is 1. The van der Waals surface area contributed by atoms with Gasteiger partial charge < -0.3 is 14.6 Å². The van der Waals surface area contributed by atoms with Crippen LogP contribution in [0.5, 0.6) is 0 Å². The molecule has 4 rings (SSSR count). The molecule has 1 N–H and O–H groups in total. The summed E-state index contributed by atoms with van der Waals surface area (Å²) in [6.07, 6.45) is 6.33. The fraction of sp³-hybridized carbons (Fsp3) is 0.400. The molecule has 2 fully saturated rings. The summed E-state index contributed by atoms with van der Waals surface area (Å²) in [5, 5.41) is 9.03. The van der Waals surface area contributed by atoms with E-state index in [1.807, 2.05) is 35.4 Å². The van der Waals surface area contributed by atoms with E-state index in [1.165, 1.54) is 0 Å². The topological polar surface area (TPSA) is 62.5 Å². The average molecular weight is 338 g/mol. The lowest BCUT2D eigenvalue weighted by Gasteiger charge is -2.33. The number of hydrogen-bond donors (Lipinski definition) is 1. The first-order valence-corrected chi connectivity index (χ1v) is 8.93. The molecule has 1 aliphatic heterocycles. The van der Waals surface area contributed by atoms with Gasteiger partial charge >= 0.3 is 5.97 Å².